The van der Waals surface area contributed by atoms with Gasteiger partial charge in [-0.1, -0.05) is 24.0 Å². The highest BCUT2D eigenvalue weighted by Crippen LogP contribution is 2.30. The van der Waals surface area contributed by atoms with Crippen molar-refractivity contribution >= 4 is 5.91 Å². The summed E-state index contributed by atoms with van der Waals surface area (Å²) in [6.07, 6.45) is 1.99. The van der Waals surface area contributed by atoms with Crippen LogP contribution in [0.1, 0.15) is 30.9 Å². The number of aliphatic hydroxyl groups excluding tert-OH is 1. The van der Waals surface area contributed by atoms with Crippen LogP contribution < -0.4 is 5.32 Å². The first-order chi connectivity index (χ1) is 10.6. The van der Waals surface area contributed by atoms with E-state index in [2.05, 4.69) is 34.2 Å². The second kappa shape index (κ2) is 7.44. The monoisotopic (exact) mass is 300 g/mol. The minimum atomic E-state index is -0.292. The molecule has 1 aromatic rings. The molecular weight excluding hydrogens is 276 g/mol. The van der Waals surface area contributed by atoms with Crippen molar-refractivity contribution in [1.82, 2.24) is 10.2 Å². The molecule has 2 rings (SSSR count). The van der Waals surface area contributed by atoms with Crippen LogP contribution in [0.15, 0.2) is 24.3 Å². The summed E-state index contributed by atoms with van der Waals surface area (Å²) < 4.78 is 0. The molecule has 0 spiro atoms. The molecule has 0 radical (unpaired) electrons. The molecule has 4 nitrogen and oxygen atoms in total. The van der Waals surface area contributed by atoms with E-state index in [1.54, 1.807) is 7.05 Å². The third-order valence-electron chi connectivity index (χ3n) is 4.22. The molecule has 0 unspecified atom stereocenters. The maximum Gasteiger partial charge on any atom is 0.226 e. The molecule has 0 bridgehead atoms. The number of nitrogens with zero attached hydrogens (tertiary/aromatic N) is 1. The van der Waals surface area contributed by atoms with Gasteiger partial charge in [0.05, 0.1) is 5.41 Å². The number of aliphatic hydroxyl groups is 1. The number of nitrogens with one attached hydrogen (secondary N) is 1. The van der Waals surface area contributed by atoms with Crippen molar-refractivity contribution in [3.63, 3.8) is 0 Å². The molecule has 0 aromatic heterocycles. The highest BCUT2D eigenvalue weighted by molar-refractivity contribution is 5.82. The van der Waals surface area contributed by atoms with Crippen molar-refractivity contribution in [3.8, 4) is 11.8 Å². The molecule has 4 heteroatoms. The van der Waals surface area contributed by atoms with Crippen LogP contribution in [-0.4, -0.2) is 42.7 Å². The van der Waals surface area contributed by atoms with E-state index in [9.17, 15) is 4.79 Å². The van der Waals surface area contributed by atoms with Crippen LogP contribution in [0.4, 0.5) is 0 Å². The van der Waals surface area contributed by atoms with E-state index in [0.717, 1.165) is 38.0 Å². The van der Waals surface area contributed by atoms with E-state index >= 15 is 0 Å². The van der Waals surface area contributed by atoms with Crippen LogP contribution in [-0.2, 0) is 11.3 Å². The minimum absolute atomic E-state index is 0.117. The van der Waals surface area contributed by atoms with E-state index in [0.29, 0.717) is 0 Å². The predicted octanol–water partition coefficient (Wildman–Crippen LogP) is 1.38. The van der Waals surface area contributed by atoms with Crippen molar-refractivity contribution in [3.05, 3.63) is 35.4 Å². The Morgan fingerprint density at radius 3 is 2.77 bits per heavy atom. The topological polar surface area (TPSA) is 52.6 Å². The van der Waals surface area contributed by atoms with Crippen LogP contribution in [0.25, 0.3) is 0 Å². The van der Waals surface area contributed by atoms with Gasteiger partial charge in [0.2, 0.25) is 5.91 Å². The lowest BCUT2D eigenvalue weighted by Gasteiger charge is -2.39. The maximum absolute atomic E-state index is 12.1. The lowest BCUT2D eigenvalue weighted by molar-refractivity contribution is -0.132. The Balaban J connectivity index is 2.00. The Morgan fingerprint density at radius 1 is 1.41 bits per heavy atom. The average Bonchev–Trinajstić information content (AvgIpc) is 2.53. The summed E-state index contributed by atoms with van der Waals surface area (Å²) in [6, 6.07) is 8.07. The fourth-order valence-corrected chi connectivity index (χ4v) is 3.06. The van der Waals surface area contributed by atoms with Crippen molar-refractivity contribution in [1.29, 1.82) is 0 Å². The summed E-state index contributed by atoms with van der Waals surface area (Å²) in [5.74, 6) is 5.67. The van der Waals surface area contributed by atoms with E-state index in [1.807, 2.05) is 19.1 Å². The molecule has 2 N–H and O–H groups in total. The number of rotatable bonds is 3. The normalized spacial score (nSPS) is 21.8. The molecule has 1 heterocycles. The Kier molecular flexibility index (Phi) is 5.59. The third-order valence-corrected chi connectivity index (χ3v) is 4.22. The second-order valence-electron chi connectivity index (χ2n) is 6.11. The Hall–Kier alpha value is -1.83. The molecule has 1 fully saturated rings. The largest absolute Gasteiger partial charge is 0.384 e. The van der Waals surface area contributed by atoms with Gasteiger partial charge in [0, 0.05) is 25.7 Å². The number of amides is 1. The van der Waals surface area contributed by atoms with E-state index in [1.165, 1.54) is 5.56 Å². The Morgan fingerprint density at radius 2 is 2.14 bits per heavy atom. The smallest absolute Gasteiger partial charge is 0.226 e. The first-order valence-corrected chi connectivity index (χ1v) is 7.70. The first kappa shape index (κ1) is 16.5. The summed E-state index contributed by atoms with van der Waals surface area (Å²) in [6.45, 7) is 4.59. The van der Waals surface area contributed by atoms with Gasteiger partial charge in [-0.3, -0.25) is 9.69 Å². The quantitative estimate of drug-likeness (QED) is 0.829. The zero-order valence-electron chi connectivity index (χ0n) is 13.4. The number of carbonyl (C=O) groups excluding carboxylic acids is 1. The molecule has 1 aliphatic rings. The van der Waals surface area contributed by atoms with Gasteiger partial charge < -0.3 is 10.4 Å². The van der Waals surface area contributed by atoms with Crippen LogP contribution in [0.2, 0.25) is 0 Å². The number of carbonyl (C=O) groups is 1. The minimum Gasteiger partial charge on any atom is -0.384 e. The van der Waals surface area contributed by atoms with E-state index in [4.69, 9.17) is 5.11 Å². The van der Waals surface area contributed by atoms with Gasteiger partial charge in [0.1, 0.15) is 6.61 Å². The molecule has 118 valence electrons. The Bertz CT molecular complexity index is 571. The molecule has 1 aliphatic heterocycles. The fraction of sp³-hybridized carbons (Fsp3) is 0.500. The van der Waals surface area contributed by atoms with Crippen LogP contribution in [0, 0.1) is 17.3 Å². The summed E-state index contributed by atoms with van der Waals surface area (Å²) >= 11 is 0. The lowest BCUT2D eigenvalue weighted by Crippen LogP contribution is -2.49. The molecule has 1 atom stereocenters. The lowest BCUT2D eigenvalue weighted by atomic mass is 9.81. The van der Waals surface area contributed by atoms with Crippen LogP contribution in [0.5, 0.6) is 0 Å². The summed E-state index contributed by atoms with van der Waals surface area (Å²) in [7, 11) is 1.71. The summed E-state index contributed by atoms with van der Waals surface area (Å²) in [5, 5.41) is 11.5. The molecule has 1 saturated heterocycles. The van der Waals surface area contributed by atoms with Gasteiger partial charge in [0.15, 0.2) is 0 Å². The van der Waals surface area contributed by atoms with Gasteiger partial charge in [-0.05, 0) is 44.0 Å². The zero-order chi connectivity index (χ0) is 16.0. The van der Waals surface area contributed by atoms with E-state index < -0.39 is 0 Å². The third kappa shape index (κ3) is 4.09. The van der Waals surface area contributed by atoms with E-state index in [-0.39, 0.29) is 17.9 Å². The van der Waals surface area contributed by atoms with Crippen molar-refractivity contribution in [2.75, 3.05) is 26.7 Å². The predicted molar refractivity (Wildman–Crippen MR) is 87.1 cm³/mol. The zero-order valence-corrected chi connectivity index (χ0v) is 13.4. The molecule has 1 amide bonds. The van der Waals surface area contributed by atoms with Crippen LogP contribution in [0.3, 0.4) is 0 Å². The molecule has 0 aliphatic carbocycles. The summed E-state index contributed by atoms with van der Waals surface area (Å²) in [4.78, 5) is 14.4. The number of hydrogen-bond donors (Lipinski definition) is 2. The molecule has 0 saturated carbocycles. The highest BCUT2D eigenvalue weighted by atomic mass is 16.2. The highest BCUT2D eigenvalue weighted by Gasteiger charge is 2.36. The maximum atomic E-state index is 12.1. The number of piperidine rings is 1. The molecule has 22 heavy (non-hydrogen) atoms. The van der Waals surface area contributed by atoms with Crippen molar-refractivity contribution < 1.29 is 9.90 Å². The molecular formula is C18H24N2O2. The van der Waals surface area contributed by atoms with Gasteiger partial charge in [0.25, 0.3) is 0 Å². The first-order valence-electron chi connectivity index (χ1n) is 7.70. The van der Waals surface area contributed by atoms with Crippen molar-refractivity contribution in [2.24, 2.45) is 5.41 Å². The standard InChI is InChI=1S/C18H24N2O2/c1-18(17(22)19-2)10-4-11-20(14-18)13-16-8-6-15(7-9-16)5-3-12-21/h6-9,21H,4,10-14H2,1-2H3,(H,19,22)/t18-/m1/s1. The SMILES string of the molecule is CNC(=O)[C@]1(C)CCCN(Cc2ccc(C#CCO)cc2)C1. The number of hydrogen-bond acceptors (Lipinski definition) is 3. The van der Waals surface area contributed by atoms with Crippen molar-refractivity contribution in [2.45, 2.75) is 26.3 Å². The van der Waals surface area contributed by atoms with Crippen LogP contribution >= 0.6 is 0 Å². The van der Waals surface area contributed by atoms with Gasteiger partial charge >= 0.3 is 0 Å². The second-order valence-corrected chi connectivity index (χ2v) is 6.11. The average molecular weight is 300 g/mol. The van der Waals surface area contributed by atoms with Gasteiger partial charge in [-0.15, -0.1) is 0 Å². The summed E-state index contributed by atoms with van der Waals surface area (Å²) in [5.41, 5.74) is 1.84. The number of benzene rings is 1. The fourth-order valence-electron chi connectivity index (χ4n) is 3.06. The van der Waals surface area contributed by atoms with Gasteiger partial charge in [-0.25, -0.2) is 0 Å². The number of likely N-dealkylation sites (tertiary alicyclic amines) is 1. The Labute approximate surface area is 132 Å². The molecule has 1 aromatic carbocycles. The van der Waals surface area contributed by atoms with Gasteiger partial charge in [-0.2, -0.15) is 0 Å².